The van der Waals surface area contributed by atoms with Gasteiger partial charge in [-0.15, -0.1) is 0 Å². The molecule has 1 aliphatic rings. The summed E-state index contributed by atoms with van der Waals surface area (Å²) in [6.07, 6.45) is 6.40. The van der Waals surface area contributed by atoms with Gasteiger partial charge in [0.2, 0.25) is 0 Å². The highest BCUT2D eigenvalue weighted by molar-refractivity contribution is 5.94. The Labute approximate surface area is 102 Å². The number of nitrogens with one attached hydrogen (secondary N) is 1. The molecule has 0 atom stereocenters. The molecule has 3 nitrogen and oxygen atoms in total. The normalized spacial score (nSPS) is 16.5. The fraction of sp³-hybridized carbons (Fsp3) is 0.500. The van der Waals surface area contributed by atoms with E-state index in [4.69, 9.17) is 4.74 Å². The molecule has 1 fully saturated rings. The largest absolute Gasteiger partial charge is 0.490 e. The molecule has 3 heteroatoms. The minimum atomic E-state index is -0.0703. The van der Waals surface area contributed by atoms with Crippen LogP contribution in [0, 0.1) is 0 Å². The Kier molecular flexibility index (Phi) is 4.02. The van der Waals surface area contributed by atoms with Crippen molar-refractivity contribution in [1.29, 1.82) is 0 Å². The molecule has 2 rings (SSSR count). The molecule has 0 bridgehead atoms. The predicted molar refractivity (Wildman–Crippen MR) is 67.3 cm³/mol. The van der Waals surface area contributed by atoms with Crippen molar-refractivity contribution in [1.82, 2.24) is 5.32 Å². The quantitative estimate of drug-likeness (QED) is 0.871. The first kappa shape index (κ1) is 12.0. The maximum absolute atomic E-state index is 11.5. The zero-order valence-electron chi connectivity index (χ0n) is 10.2. The minimum Gasteiger partial charge on any atom is -0.490 e. The molecule has 0 aliphatic heterocycles. The molecule has 1 amide bonds. The molecule has 0 spiro atoms. The summed E-state index contributed by atoms with van der Waals surface area (Å²) in [6.45, 7) is 0. The lowest BCUT2D eigenvalue weighted by atomic mass is 9.98. The third-order valence-corrected chi connectivity index (χ3v) is 3.18. The first-order valence-electron chi connectivity index (χ1n) is 6.28. The van der Waals surface area contributed by atoms with Crippen molar-refractivity contribution in [3.8, 4) is 5.75 Å². The number of carbonyl (C=O) groups is 1. The Morgan fingerprint density at radius 3 is 2.76 bits per heavy atom. The summed E-state index contributed by atoms with van der Waals surface area (Å²) >= 11 is 0. The Morgan fingerprint density at radius 2 is 2.06 bits per heavy atom. The van der Waals surface area contributed by atoms with Crippen LogP contribution in [0.2, 0.25) is 0 Å². The van der Waals surface area contributed by atoms with E-state index < -0.39 is 0 Å². The molecule has 0 unspecified atom stereocenters. The molecule has 0 aromatic heterocycles. The van der Waals surface area contributed by atoms with Crippen molar-refractivity contribution in [2.45, 2.75) is 38.2 Å². The van der Waals surface area contributed by atoms with Gasteiger partial charge in [0.1, 0.15) is 5.75 Å². The van der Waals surface area contributed by atoms with Gasteiger partial charge in [0.15, 0.2) is 0 Å². The SMILES string of the molecule is CNC(=O)c1cccc(OC2CCCCC2)c1. The second kappa shape index (κ2) is 5.71. The molecule has 17 heavy (non-hydrogen) atoms. The minimum absolute atomic E-state index is 0.0703. The highest BCUT2D eigenvalue weighted by atomic mass is 16.5. The highest BCUT2D eigenvalue weighted by Crippen LogP contribution is 2.23. The van der Waals surface area contributed by atoms with Crippen LogP contribution in [0.5, 0.6) is 5.75 Å². The summed E-state index contributed by atoms with van der Waals surface area (Å²) in [5.41, 5.74) is 0.654. The molecule has 1 N–H and O–H groups in total. The number of carbonyl (C=O) groups excluding carboxylic acids is 1. The molecule has 1 aliphatic carbocycles. The van der Waals surface area contributed by atoms with E-state index in [0.29, 0.717) is 11.7 Å². The lowest BCUT2D eigenvalue weighted by Crippen LogP contribution is -2.20. The number of ether oxygens (including phenoxy) is 1. The van der Waals surface area contributed by atoms with Gasteiger partial charge in [0.25, 0.3) is 5.91 Å². The zero-order chi connectivity index (χ0) is 12.1. The number of hydrogen-bond donors (Lipinski definition) is 1. The molecule has 0 saturated heterocycles. The monoisotopic (exact) mass is 233 g/mol. The first-order chi connectivity index (χ1) is 8.29. The van der Waals surface area contributed by atoms with E-state index in [9.17, 15) is 4.79 Å². The fourth-order valence-corrected chi connectivity index (χ4v) is 2.23. The second-order valence-corrected chi connectivity index (χ2v) is 4.48. The molecule has 1 aromatic rings. The third-order valence-electron chi connectivity index (χ3n) is 3.18. The maximum Gasteiger partial charge on any atom is 0.251 e. The maximum atomic E-state index is 11.5. The van der Waals surface area contributed by atoms with E-state index in [1.807, 2.05) is 18.2 Å². The Morgan fingerprint density at radius 1 is 1.29 bits per heavy atom. The average Bonchev–Trinajstić information content (AvgIpc) is 2.39. The van der Waals surface area contributed by atoms with Gasteiger partial charge in [0.05, 0.1) is 6.10 Å². The summed E-state index contributed by atoms with van der Waals surface area (Å²) in [6, 6.07) is 7.39. The van der Waals surface area contributed by atoms with Crippen LogP contribution in [0.15, 0.2) is 24.3 Å². The summed E-state index contributed by atoms with van der Waals surface area (Å²) < 4.78 is 5.91. The van der Waals surface area contributed by atoms with E-state index in [1.165, 1.54) is 19.3 Å². The van der Waals surface area contributed by atoms with Crippen molar-refractivity contribution in [3.05, 3.63) is 29.8 Å². The van der Waals surface area contributed by atoms with E-state index in [0.717, 1.165) is 18.6 Å². The highest BCUT2D eigenvalue weighted by Gasteiger charge is 2.15. The van der Waals surface area contributed by atoms with Crippen LogP contribution in [0.3, 0.4) is 0 Å². The molecule has 1 saturated carbocycles. The fourth-order valence-electron chi connectivity index (χ4n) is 2.23. The number of hydrogen-bond acceptors (Lipinski definition) is 2. The van der Waals surface area contributed by atoms with Gasteiger partial charge in [0, 0.05) is 12.6 Å². The van der Waals surface area contributed by atoms with Gasteiger partial charge in [-0.05, 0) is 43.9 Å². The van der Waals surface area contributed by atoms with Crippen molar-refractivity contribution < 1.29 is 9.53 Å². The van der Waals surface area contributed by atoms with Gasteiger partial charge in [-0.1, -0.05) is 12.5 Å². The number of rotatable bonds is 3. The van der Waals surface area contributed by atoms with Crippen molar-refractivity contribution >= 4 is 5.91 Å². The Balaban J connectivity index is 2.02. The number of amides is 1. The van der Waals surface area contributed by atoms with Crippen molar-refractivity contribution in [2.24, 2.45) is 0 Å². The van der Waals surface area contributed by atoms with E-state index in [-0.39, 0.29) is 5.91 Å². The van der Waals surface area contributed by atoms with Crippen LogP contribution in [-0.4, -0.2) is 19.1 Å². The standard InChI is InChI=1S/C14H19NO2/c1-15-14(16)11-6-5-9-13(10-11)17-12-7-3-2-4-8-12/h5-6,9-10,12H,2-4,7-8H2,1H3,(H,15,16). The van der Waals surface area contributed by atoms with Crippen LogP contribution >= 0.6 is 0 Å². The van der Waals surface area contributed by atoms with Crippen LogP contribution in [0.25, 0.3) is 0 Å². The zero-order valence-corrected chi connectivity index (χ0v) is 10.2. The number of benzene rings is 1. The summed E-state index contributed by atoms with van der Waals surface area (Å²) in [5, 5.41) is 2.62. The Bertz CT molecular complexity index is 384. The summed E-state index contributed by atoms with van der Waals surface area (Å²) in [4.78, 5) is 11.5. The van der Waals surface area contributed by atoms with Crippen LogP contribution in [0.4, 0.5) is 0 Å². The van der Waals surface area contributed by atoms with Crippen LogP contribution in [0.1, 0.15) is 42.5 Å². The van der Waals surface area contributed by atoms with E-state index >= 15 is 0 Å². The topological polar surface area (TPSA) is 38.3 Å². The average molecular weight is 233 g/mol. The second-order valence-electron chi connectivity index (χ2n) is 4.48. The molecule has 1 aromatic carbocycles. The van der Waals surface area contributed by atoms with Crippen molar-refractivity contribution in [2.75, 3.05) is 7.05 Å². The molecule has 0 heterocycles. The molecular formula is C14H19NO2. The van der Waals surface area contributed by atoms with Crippen LogP contribution < -0.4 is 10.1 Å². The van der Waals surface area contributed by atoms with Crippen molar-refractivity contribution in [3.63, 3.8) is 0 Å². The van der Waals surface area contributed by atoms with Gasteiger partial charge < -0.3 is 10.1 Å². The summed E-state index contributed by atoms with van der Waals surface area (Å²) in [7, 11) is 1.64. The lowest BCUT2D eigenvalue weighted by molar-refractivity contribution is 0.0961. The third kappa shape index (κ3) is 3.22. The van der Waals surface area contributed by atoms with Gasteiger partial charge >= 0.3 is 0 Å². The predicted octanol–water partition coefficient (Wildman–Crippen LogP) is 2.76. The van der Waals surface area contributed by atoms with Crippen LogP contribution in [-0.2, 0) is 0 Å². The molecular weight excluding hydrogens is 214 g/mol. The van der Waals surface area contributed by atoms with Gasteiger partial charge in [-0.3, -0.25) is 4.79 Å². The lowest BCUT2D eigenvalue weighted by Gasteiger charge is -2.23. The van der Waals surface area contributed by atoms with Gasteiger partial charge in [-0.25, -0.2) is 0 Å². The van der Waals surface area contributed by atoms with E-state index in [1.54, 1.807) is 13.1 Å². The Hall–Kier alpha value is -1.51. The summed E-state index contributed by atoms with van der Waals surface area (Å²) in [5.74, 6) is 0.733. The molecule has 92 valence electrons. The first-order valence-corrected chi connectivity index (χ1v) is 6.28. The van der Waals surface area contributed by atoms with Gasteiger partial charge in [-0.2, -0.15) is 0 Å². The van der Waals surface area contributed by atoms with E-state index in [2.05, 4.69) is 5.32 Å². The smallest absolute Gasteiger partial charge is 0.251 e. The molecule has 0 radical (unpaired) electrons.